The molecule has 0 bridgehead atoms. The number of rotatable bonds is 5. The Morgan fingerprint density at radius 3 is 2.39 bits per heavy atom. The Labute approximate surface area is 171 Å². The minimum atomic E-state index is -0.0773. The van der Waals surface area contributed by atoms with Crippen LogP contribution in [0, 0.1) is 11.8 Å². The van der Waals surface area contributed by atoms with Crippen LogP contribution in [-0.4, -0.2) is 34.8 Å². The number of amides is 2. The fraction of sp³-hybridized carbons (Fsp3) is 0.409. The molecule has 2 heterocycles. The average molecular weight is 400 g/mol. The summed E-state index contributed by atoms with van der Waals surface area (Å²) in [4.78, 5) is 31.2. The number of carbonyl (C=O) groups is 2. The van der Waals surface area contributed by atoms with Gasteiger partial charge in [-0.25, -0.2) is 0 Å². The Balaban J connectivity index is 1.58. The molecule has 0 aliphatic carbocycles. The first-order chi connectivity index (χ1) is 13.5. The lowest BCUT2D eigenvalue weighted by Gasteiger charge is -2.33. The zero-order valence-electron chi connectivity index (χ0n) is 16.3. The van der Waals surface area contributed by atoms with E-state index in [-0.39, 0.29) is 29.7 Å². The van der Waals surface area contributed by atoms with Gasteiger partial charge in [-0.1, -0.05) is 37.6 Å². The lowest BCUT2D eigenvalue weighted by molar-refractivity contribution is -0.127. The second-order valence-electron chi connectivity index (χ2n) is 7.59. The number of likely N-dealkylation sites (tertiary alicyclic amines) is 1. The highest BCUT2D eigenvalue weighted by Crippen LogP contribution is 2.26. The summed E-state index contributed by atoms with van der Waals surface area (Å²) in [6.45, 7) is 5.35. The van der Waals surface area contributed by atoms with Crippen LogP contribution >= 0.6 is 11.6 Å². The maximum absolute atomic E-state index is 12.8. The number of pyridine rings is 1. The van der Waals surface area contributed by atoms with Gasteiger partial charge in [-0.3, -0.25) is 14.6 Å². The van der Waals surface area contributed by atoms with E-state index in [0.29, 0.717) is 36.5 Å². The molecule has 6 heteroatoms. The summed E-state index contributed by atoms with van der Waals surface area (Å²) in [6, 6.07) is 11.1. The van der Waals surface area contributed by atoms with Gasteiger partial charge in [-0.15, -0.1) is 0 Å². The molecule has 28 heavy (non-hydrogen) atoms. The van der Waals surface area contributed by atoms with E-state index in [4.69, 9.17) is 11.6 Å². The lowest BCUT2D eigenvalue weighted by atomic mass is 9.92. The van der Waals surface area contributed by atoms with Crippen LogP contribution < -0.4 is 5.32 Å². The molecule has 2 aromatic rings. The van der Waals surface area contributed by atoms with Gasteiger partial charge in [-0.05, 0) is 48.6 Å². The first kappa shape index (κ1) is 20.3. The standard InChI is InChI=1S/C22H26ClN3O2/c1-15(2)20(16-5-7-19(23)8-6-16)25-21(27)17-9-12-26(13-10-17)22(28)18-4-3-11-24-14-18/h3-8,11,14-15,17,20H,9-10,12-13H2,1-2H3,(H,25,27)/t20-/m0/s1. The molecule has 1 fully saturated rings. The van der Waals surface area contributed by atoms with Crippen LogP contribution in [-0.2, 0) is 4.79 Å². The Morgan fingerprint density at radius 2 is 1.82 bits per heavy atom. The second-order valence-corrected chi connectivity index (χ2v) is 8.03. The first-order valence-electron chi connectivity index (χ1n) is 9.71. The highest BCUT2D eigenvalue weighted by Gasteiger charge is 2.29. The Hall–Kier alpha value is -2.40. The van der Waals surface area contributed by atoms with Crippen molar-refractivity contribution in [2.75, 3.05) is 13.1 Å². The number of hydrogen-bond donors (Lipinski definition) is 1. The van der Waals surface area contributed by atoms with Crippen molar-refractivity contribution in [2.45, 2.75) is 32.7 Å². The molecule has 1 aromatic carbocycles. The fourth-order valence-electron chi connectivity index (χ4n) is 3.59. The van der Waals surface area contributed by atoms with Crippen LogP contribution in [0.5, 0.6) is 0 Å². The van der Waals surface area contributed by atoms with Crippen LogP contribution in [0.1, 0.15) is 48.7 Å². The number of hydrogen-bond acceptors (Lipinski definition) is 3. The third-order valence-corrected chi connectivity index (χ3v) is 5.51. The van der Waals surface area contributed by atoms with Gasteiger partial charge in [0.15, 0.2) is 0 Å². The van der Waals surface area contributed by atoms with Crippen molar-refractivity contribution in [3.63, 3.8) is 0 Å². The van der Waals surface area contributed by atoms with Crippen molar-refractivity contribution in [3.8, 4) is 0 Å². The van der Waals surface area contributed by atoms with E-state index in [1.165, 1.54) is 0 Å². The van der Waals surface area contributed by atoms with E-state index >= 15 is 0 Å². The molecule has 2 amide bonds. The van der Waals surface area contributed by atoms with E-state index in [2.05, 4.69) is 24.1 Å². The summed E-state index contributed by atoms with van der Waals surface area (Å²) in [5.41, 5.74) is 1.64. The van der Waals surface area contributed by atoms with Crippen molar-refractivity contribution < 1.29 is 9.59 Å². The molecule has 1 aliphatic rings. The molecule has 3 rings (SSSR count). The molecule has 5 nitrogen and oxygen atoms in total. The third-order valence-electron chi connectivity index (χ3n) is 5.25. The molecule has 0 radical (unpaired) electrons. The predicted molar refractivity (Wildman–Crippen MR) is 110 cm³/mol. The SMILES string of the molecule is CC(C)[C@H](NC(=O)C1CCN(C(=O)c2cccnc2)CC1)c1ccc(Cl)cc1. The Morgan fingerprint density at radius 1 is 1.14 bits per heavy atom. The lowest BCUT2D eigenvalue weighted by Crippen LogP contribution is -2.44. The van der Waals surface area contributed by atoms with Gasteiger partial charge in [0.1, 0.15) is 0 Å². The molecule has 1 atom stereocenters. The third kappa shape index (κ3) is 4.90. The summed E-state index contributed by atoms with van der Waals surface area (Å²) in [7, 11) is 0. The fourth-order valence-corrected chi connectivity index (χ4v) is 3.72. The van der Waals surface area contributed by atoms with Crippen molar-refractivity contribution >= 4 is 23.4 Å². The number of aromatic nitrogens is 1. The highest BCUT2D eigenvalue weighted by atomic mass is 35.5. The topological polar surface area (TPSA) is 62.3 Å². The summed E-state index contributed by atoms with van der Waals surface area (Å²) in [6.07, 6.45) is 4.58. The van der Waals surface area contributed by atoms with Gasteiger partial charge in [0.05, 0.1) is 11.6 Å². The van der Waals surface area contributed by atoms with Crippen molar-refractivity contribution in [3.05, 3.63) is 64.9 Å². The number of nitrogens with zero attached hydrogens (tertiary/aromatic N) is 2. The van der Waals surface area contributed by atoms with Gasteiger partial charge in [0, 0.05) is 36.4 Å². The van der Waals surface area contributed by atoms with Gasteiger partial charge in [0.2, 0.25) is 5.91 Å². The van der Waals surface area contributed by atoms with Crippen molar-refractivity contribution in [1.82, 2.24) is 15.2 Å². The minimum absolute atomic E-state index is 0.0202. The number of carbonyl (C=O) groups excluding carboxylic acids is 2. The molecule has 1 saturated heterocycles. The molecule has 1 aromatic heterocycles. The summed E-state index contributed by atoms with van der Waals surface area (Å²) in [5.74, 6) is 0.221. The van der Waals surface area contributed by atoms with Crippen LogP contribution in [0.15, 0.2) is 48.8 Å². The predicted octanol–water partition coefficient (Wildman–Crippen LogP) is 4.10. The smallest absolute Gasteiger partial charge is 0.255 e. The second kappa shape index (κ2) is 9.20. The summed E-state index contributed by atoms with van der Waals surface area (Å²) < 4.78 is 0. The van der Waals surface area contributed by atoms with Crippen molar-refractivity contribution in [2.24, 2.45) is 11.8 Å². The number of benzene rings is 1. The zero-order valence-corrected chi connectivity index (χ0v) is 17.0. The van der Waals surface area contributed by atoms with Crippen LogP contribution in [0.3, 0.4) is 0 Å². The molecule has 148 valence electrons. The summed E-state index contributed by atoms with van der Waals surface area (Å²) >= 11 is 5.98. The molecule has 0 saturated carbocycles. The molecule has 1 aliphatic heterocycles. The van der Waals surface area contributed by atoms with Crippen LogP contribution in [0.4, 0.5) is 0 Å². The quantitative estimate of drug-likeness (QED) is 0.823. The number of nitrogens with one attached hydrogen (secondary N) is 1. The maximum Gasteiger partial charge on any atom is 0.255 e. The largest absolute Gasteiger partial charge is 0.349 e. The number of halogens is 1. The van der Waals surface area contributed by atoms with Crippen LogP contribution in [0.2, 0.25) is 5.02 Å². The van der Waals surface area contributed by atoms with E-state index in [0.717, 1.165) is 5.56 Å². The zero-order chi connectivity index (χ0) is 20.1. The normalized spacial score (nSPS) is 16.1. The molecule has 0 unspecified atom stereocenters. The Kier molecular flexibility index (Phi) is 6.68. The first-order valence-corrected chi connectivity index (χ1v) is 10.1. The van der Waals surface area contributed by atoms with E-state index in [9.17, 15) is 9.59 Å². The molecule has 1 N–H and O–H groups in total. The Bertz CT molecular complexity index is 800. The molecular formula is C22H26ClN3O2. The minimum Gasteiger partial charge on any atom is -0.349 e. The van der Waals surface area contributed by atoms with Gasteiger partial charge < -0.3 is 10.2 Å². The van der Waals surface area contributed by atoms with Gasteiger partial charge in [-0.2, -0.15) is 0 Å². The highest BCUT2D eigenvalue weighted by molar-refractivity contribution is 6.30. The van der Waals surface area contributed by atoms with Crippen molar-refractivity contribution in [1.29, 1.82) is 0 Å². The van der Waals surface area contributed by atoms with Gasteiger partial charge >= 0.3 is 0 Å². The number of piperidine rings is 1. The van der Waals surface area contributed by atoms with Crippen LogP contribution in [0.25, 0.3) is 0 Å². The molecular weight excluding hydrogens is 374 g/mol. The monoisotopic (exact) mass is 399 g/mol. The molecule has 0 spiro atoms. The maximum atomic E-state index is 12.8. The van der Waals surface area contributed by atoms with E-state index < -0.39 is 0 Å². The van der Waals surface area contributed by atoms with Gasteiger partial charge in [0.25, 0.3) is 5.91 Å². The van der Waals surface area contributed by atoms with E-state index in [1.54, 1.807) is 29.4 Å². The average Bonchev–Trinajstić information content (AvgIpc) is 2.72. The summed E-state index contributed by atoms with van der Waals surface area (Å²) in [5, 5.41) is 3.89. The van der Waals surface area contributed by atoms with E-state index in [1.807, 2.05) is 24.3 Å².